The molecule has 0 aliphatic rings. The van der Waals surface area contributed by atoms with Gasteiger partial charge in [-0.2, -0.15) is 0 Å². The predicted molar refractivity (Wildman–Crippen MR) is 132 cm³/mol. The van der Waals surface area contributed by atoms with E-state index in [0.29, 0.717) is 5.56 Å². The first-order valence-corrected chi connectivity index (χ1v) is 11.7. The molecule has 35 heavy (non-hydrogen) atoms. The molecule has 0 spiro atoms. The van der Waals surface area contributed by atoms with Crippen LogP contribution in [-0.2, 0) is 4.74 Å². The zero-order chi connectivity index (χ0) is 25.6. The van der Waals surface area contributed by atoms with Crippen LogP contribution in [0.3, 0.4) is 0 Å². The average Bonchev–Trinajstić information content (AvgIpc) is 2.84. The standard InChI is InChI=1S/C29H31F2NO3/c1-19(2)29(20(3)4,18-32-27(33)22-10-14-24(30)15-11-22)26(21-8-6-5-7-9-21)35-28(34)23-12-16-25(31)17-13-23/h5-17,19-20,26H,18H2,1-4H3,(H,32,33). The summed E-state index contributed by atoms with van der Waals surface area (Å²) in [5, 5.41) is 2.99. The van der Waals surface area contributed by atoms with E-state index in [2.05, 4.69) is 5.32 Å². The highest BCUT2D eigenvalue weighted by atomic mass is 19.1. The molecule has 1 N–H and O–H groups in total. The van der Waals surface area contributed by atoms with Crippen molar-refractivity contribution in [2.24, 2.45) is 17.3 Å². The van der Waals surface area contributed by atoms with Gasteiger partial charge >= 0.3 is 5.97 Å². The smallest absolute Gasteiger partial charge is 0.338 e. The molecule has 0 saturated carbocycles. The molecule has 0 fully saturated rings. The Kier molecular flexibility index (Phi) is 8.39. The van der Waals surface area contributed by atoms with Crippen molar-refractivity contribution in [1.82, 2.24) is 5.32 Å². The van der Waals surface area contributed by atoms with Crippen LogP contribution in [-0.4, -0.2) is 18.4 Å². The maximum Gasteiger partial charge on any atom is 0.338 e. The van der Waals surface area contributed by atoms with E-state index in [4.69, 9.17) is 4.74 Å². The van der Waals surface area contributed by atoms with Gasteiger partial charge in [-0.05, 0) is 65.9 Å². The lowest BCUT2D eigenvalue weighted by molar-refractivity contribution is -0.0643. The normalized spacial score (nSPS) is 12.5. The highest BCUT2D eigenvalue weighted by Crippen LogP contribution is 2.48. The molecule has 0 aliphatic carbocycles. The number of hydrogen-bond acceptors (Lipinski definition) is 3. The van der Waals surface area contributed by atoms with Crippen LogP contribution in [0.25, 0.3) is 0 Å². The summed E-state index contributed by atoms with van der Waals surface area (Å²) < 4.78 is 32.9. The fourth-order valence-corrected chi connectivity index (χ4v) is 4.59. The number of esters is 1. The van der Waals surface area contributed by atoms with Crippen LogP contribution in [0.5, 0.6) is 0 Å². The topological polar surface area (TPSA) is 55.4 Å². The first-order chi connectivity index (χ1) is 16.6. The Hall–Kier alpha value is -3.54. The van der Waals surface area contributed by atoms with Crippen molar-refractivity contribution in [2.75, 3.05) is 6.54 Å². The Balaban J connectivity index is 1.99. The van der Waals surface area contributed by atoms with E-state index in [-0.39, 0.29) is 29.9 Å². The van der Waals surface area contributed by atoms with E-state index in [1.54, 1.807) is 0 Å². The monoisotopic (exact) mass is 479 g/mol. The van der Waals surface area contributed by atoms with Crippen LogP contribution in [0.1, 0.15) is 60.1 Å². The maximum atomic E-state index is 13.4. The van der Waals surface area contributed by atoms with Gasteiger partial charge < -0.3 is 10.1 Å². The van der Waals surface area contributed by atoms with Gasteiger partial charge in [0, 0.05) is 17.5 Å². The lowest BCUT2D eigenvalue weighted by Gasteiger charge is -2.47. The number of amides is 1. The molecule has 0 saturated heterocycles. The van der Waals surface area contributed by atoms with Crippen LogP contribution < -0.4 is 5.32 Å². The second-order valence-electron chi connectivity index (χ2n) is 9.31. The van der Waals surface area contributed by atoms with E-state index in [1.165, 1.54) is 48.5 Å². The summed E-state index contributed by atoms with van der Waals surface area (Å²) >= 11 is 0. The number of hydrogen-bond donors (Lipinski definition) is 1. The summed E-state index contributed by atoms with van der Waals surface area (Å²) in [6.45, 7) is 8.35. The largest absolute Gasteiger partial charge is 0.453 e. The SMILES string of the molecule is CC(C)C(CNC(=O)c1ccc(F)cc1)(C(C)C)C(OC(=O)c1ccc(F)cc1)c1ccccc1. The fraction of sp³-hybridized carbons (Fsp3) is 0.310. The van der Waals surface area contributed by atoms with Gasteiger partial charge in [-0.1, -0.05) is 58.0 Å². The zero-order valence-corrected chi connectivity index (χ0v) is 20.4. The molecule has 0 aromatic heterocycles. The summed E-state index contributed by atoms with van der Waals surface area (Å²) in [6.07, 6.45) is -0.699. The van der Waals surface area contributed by atoms with Crippen molar-refractivity contribution >= 4 is 11.9 Å². The molecule has 184 valence electrons. The van der Waals surface area contributed by atoms with Crippen molar-refractivity contribution in [3.05, 3.63) is 107 Å². The number of carbonyl (C=O) groups is 2. The Morgan fingerprint density at radius 3 is 1.74 bits per heavy atom. The molecular formula is C29H31F2NO3. The van der Waals surface area contributed by atoms with Gasteiger partial charge in [-0.25, -0.2) is 13.6 Å². The summed E-state index contributed by atoms with van der Waals surface area (Å²) in [7, 11) is 0. The summed E-state index contributed by atoms with van der Waals surface area (Å²) in [5.41, 5.74) is 0.685. The third-order valence-electron chi connectivity index (χ3n) is 6.71. The molecule has 4 nitrogen and oxygen atoms in total. The minimum atomic E-state index is -0.699. The Bertz CT molecular complexity index is 1120. The highest BCUT2D eigenvalue weighted by Gasteiger charge is 2.47. The molecule has 3 rings (SSSR count). The quantitative estimate of drug-likeness (QED) is 0.352. The first kappa shape index (κ1) is 26.1. The Morgan fingerprint density at radius 1 is 0.771 bits per heavy atom. The van der Waals surface area contributed by atoms with E-state index in [1.807, 2.05) is 58.0 Å². The van der Waals surface area contributed by atoms with Crippen molar-refractivity contribution in [1.29, 1.82) is 0 Å². The van der Waals surface area contributed by atoms with Gasteiger partial charge in [0.15, 0.2) is 0 Å². The van der Waals surface area contributed by atoms with Gasteiger partial charge in [0.25, 0.3) is 5.91 Å². The van der Waals surface area contributed by atoms with Crippen molar-refractivity contribution in [3.8, 4) is 0 Å². The number of halogens is 2. The minimum absolute atomic E-state index is 0.0118. The first-order valence-electron chi connectivity index (χ1n) is 11.7. The third-order valence-corrected chi connectivity index (χ3v) is 6.71. The molecule has 0 heterocycles. The van der Waals surface area contributed by atoms with Gasteiger partial charge in [-0.15, -0.1) is 0 Å². The van der Waals surface area contributed by atoms with Gasteiger partial charge in [-0.3, -0.25) is 4.79 Å². The highest BCUT2D eigenvalue weighted by molar-refractivity contribution is 5.94. The van der Waals surface area contributed by atoms with Crippen LogP contribution >= 0.6 is 0 Å². The molecule has 3 aromatic rings. The lowest BCUT2D eigenvalue weighted by Crippen LogP contribution is -2.49. The molecule has 1 unspecified atom stereocenters. The van der Waals surface area contributed by atoms with Gasteiger partial charge in [0.2, 0.25) is 0 Å². The van der Waals surface area contributed by atoms with Crippen LogP contribution in [0.4, 0.5) is 8.78 Å². The summed E-state index contributed by atoms with van der Waals surface area (Å²) in [6, 6.07) is 20.0. The van der Waals surface area contributed by atoms with Crippen LogP contribution in [0, 0.1) is 28.9 Å². The number of ether oxygens (including phenoxy) is 1. The molecule has 0 aliphatic heterocycles. The molecule has 0 bridgehead atoms. The van der Waals surface area contributed by atoms with E-state index < -0.39 is 29.1 Å². The van der Waals surface area contributed by atoms with Gasteiger partial charge in [0.05, 0.1) is 5.56 Å². The second kappa shape index (κ2) is 11.3. The van der Waals surface area contributed by atoms with Crippen molar-refractivity contribution < 1.29 is 23.1 Å². The zero-order valence-electron chi connectivity index (χ0n) is 20.4. The van der Waals surface area contributed by atoms with Gasteiger partial charge in [0.1, 0.15) is 17.7 Å². The van der Waals surface area contributed by atoms with Crippen LogP contribution in [0.15, 0.2) is 78.9 Å². The molecule has 1 amide bonds. The van der Waals surface area contributed by atoms with Crippen LogP contribution in [0.2, 0.25) is 0 Å². The number of carbonyl (C=O) groups excluding carboxylic acids is 2. The fourth-order valence-electron chi connectivity index (χ4n) is 4.59. The second-order valence-corrected chi connectivity index (χ2v) is 9.31. The molecule has 1 atom stereocenters. The molecule has 3 aromatic carbocycles. The predicted octanol–water partition coefficient (Wildman–Crippen LogP) is 6.59. The average molecular weight is 480 g/mol. The Morgan fingerprint density at radius 2 is 1.26 bits per heavy atom. The third kappa shape index (κ3) is 5.94. The van der Waals surface area contributed by atoms with E-state index in [9.17, 15) is 18.4 Å². The molecule has 0 radical (unpaired) electrons. The summed E-state index contributed by atoms with van der Waals surface area (Å²) in [5.74, 6) is -1.80. The maximum absolute atomic E-state index is 13.4. The van der Waals surface area contributed by atoms with E-state index >= 15 is 0 Å². The molecular weight excluding hydrogens is 448 g/mol. The summed E-state index contributed by atoms with van der Waals surface area (Å²) in [4.78, 5) is 26.1. The minimum Gasteiger partial charge on any atom is -0.453 e. The number of rotatable bonds is 9. The number of nitrogens with one attached hydrogen (secondary N) is 1. The molecule has 6 heteroatoms. The van der Waals surface area contributed by atoms with Crippen molar-refractivity contribution in [3.63, 3.8) is 0 Å². The number of benzene rings is 3. The Labute approximate surface area is 205 Å². The van der Waals surface area contributed by atoms with E-state index in [0.717, 1.165) is 5.56 Å². The van der Waals surface area contributed by atoms with Crippen molar-refractivity contribution in [2.45, 2.75) is 33.8 Å². The lowest BCUT2D eigenvalue weighted by atomic mass is 9.63.